The molecule has 0 spiro atoms. The fraction of sp³-hybridized carbons (Fsp3) is 0.458. The normalized spacial score (nSPS) is 25.9. The molecule has 152 valence electrons. The first-order valence-corrected chi connectivity index (χ1v) is 10.7. The first kappa shape index (κ1) is 18.5. The molecule has 0 unspecified atom stereocenters. The molecular formula is C24H28N2O3. The number of carbonyl (C=O) groups excluding carboxylic acids is 1. The topological polar surface area (TPSA) is 53.0 Å². The summed E-state index contributed by atoms with van der Waals surface area (Å²) in [7, 11) is 0. The molecule has 3 heterocycles. The van der Waals surface area contributed by atoms with Crippen molar-refractivity contribution in [3.63, 3.8) is 0 Å². The third-order valence-corrected chi connectivity index (χ3v) is 6.90. The molecule has 0 aliphatic carbocycles. The van der Waals surface area contributed by atoms with E-state index in [0.717, 1.165) is 24.4 Å². The average molecular weight is 392 g/mol. The van der Waals surface area contributed by atoms with Gasteiger partial charge < -0.3 is 19.6 Å². The highest BCUT2D eigenvalue weighted by molar-refractivity contribution is 5.95. The maximum absolute atomic E-state index is 13.2. The molecule has 5 nitrogen and oxygen atoms in total. The Bertz CT molecular complexity index is 891. The summed E-state index contributed by atoms with van der Waals surface area (Å²) in [5, 5.41) is 10.2. The maximum Gasteiger partial charge on any atom is 0.253 e. The van der Waals surface area contributed by atoms with Crippen LogP contribution in [-0.2, 0) is 0 Å². The predicted molar refractivity (Wildman–Crippen MR) is 113 cm³/mol. The van der Waals surface area contributed by atoms with Gasteiger partial charge in [0.15, 0.2) is 0 Å². The molecule has 2 aromatic rings. The van der Waals surface area contributed by atoms with Crippen LogP contribution in [-0.4, -0.2) is 55.3 Å². The third-order valence-electron chi connectivity index (χ3n) is 6.90. The molecule has 0 bridgehead atoms. The number of piperidine rings is 1. The van der Waals surface area contributed by atoms with Crippen LogP contribution in [0.3, 0.4) is 0 Å². The lowest BCUT2D eigenvalue weighted by Gasteiger charge is -2.37. The van der Waals surface area contributed by atoms with E-state index in [1.807, 2.05) is 35.2 Å². The second-order valence-electron chi connectivity index (χ2n) is 8.68. The summed E-state index contributed by atoms with van der Waals surface area (Å²) in [6.07, 6.45) is 3.79. The summed E-state index contributed by atoms with van der Waals surface area (Å²) in [5.74, 6) is 1.02. The van der Waals surface area contributed by atoms with E-state index in [0.29, 0.717) is 25.3 Å². The van der Waals surface area contributed by atoms with Gasteiger partial charge in [-0.2, -0.15) is 0 Å². The van der Waals surface area contributed by atoms with Crippen LogP contribution in [0.4, 0.5) is 5.69 Å². The summed E-state index contributed by atoms with van der Waals surface area (Å²) in [6, 6.07) is 16.0. The Balaban J connectivity index is 1.36. The molecule has 0 aromatic heterocycles. The molecule has 3 aliphatic rings. The number of benzene rings is 2. The van der Waals surface area contributed by atoms with Crippen LogP contribution in [0.5, 0.6) is 5.75 Å². The summed E-state index contributed by atoms with van der Waals surface area (Å²) in [4.78, 5) is 17.5. The molecule has 0 radical (unpaired) electrons. The van der Waals surface area contributed by atoms with Gasteiger partial charge in [-0.05, 0) is 55.2 Å². The van der Waals surface area contributed by atoms with Gasteiger partial charge in [0.2, 0.25) is 0 Å². The number of aliphatic hydroxyl groups is 1. The third kappa shape index (κ3) is 3.18. The lowest BCUT2D eigenvalue weighted by atomic mass is 9.74. The predicted octanol–water partition coefficient (Wildman–Crippen LogP) is 3.29. The van der Waals surface area contributed by atoms with Gasteiger partial charge in [-0.15, -0.1) is 0 Å². The van der Waals surface area contributed by atoms with Crippen molar-refractivity contribution < 1.29 is 14.6 Å². The highest BCUT2D eigenvalue weighted by atomic mass is 16.5. The molecule has 3 aliphatic heterocycles. The molecule has 2 atom stereocenters. The van der Waals surface area contributed by atoms with E-state index < -0.39 is 5.41 Å². The highest BCUT2D eigenvalue weighted by Gasteiger charge is 2.52. The molecule has 2 saturated heterocycles. The fourth-order valence-corrected chi connectivity index (χ4v) is 5.17. The number of nitrogens with zero attached hydrogens (tertiary/aromatic N) is 2. The number of ether oxygens (including phenoxy) is 1. The van der Waals surface area contributed by atoms with Crippen molar-refractivity contribution in [1.82, 2.24) is 4.90 Å². The minimum Gasteiger partial charge on any atom is -0.493 e. The van der Waals surface area contributed by atoms with Gasteiger partial charge in [-0.1, -0.05) is 18.2 Å². The Morgan fingerprint density at radius 3 is 2.59 bits per heavy atom. The number of carbonyl (C=O) groups is 1. The van der Waals surface area contributed by atoms with Crippen LogP contribution in [0.25, 0.3) is 0 Å². The van der Waals surface area contributed by atoms with Crippen LogP contribution < -0.4 is 9.64 Å². The van der Waals surface area contributed by atoms with Gasteiger partial charge in [0.05, 0.1) is 18.6 Å². The lowest BCUT2D eigenvalue weighted by molar-refractivity contribution is 0.0440. The second-order valence-corrected chi connectivity index (χ2v) is 8.68. The largest absolute Gasteiger partial charge is 0.493 e. The van der Waals surface area contributed by atoms with Crippen molar-refractivity contribution in [2.45, 2.75) is 25.2 Å². The lowest BCUT2D eigenvalue weighted by Crippen LogP contribution is -2.42. The number of likely N-dealkylation sites (tertiary alicyclic amines) is 1. The smallest absolute Gasteiger partial charge is 0.253 e. The zero-order valence-electron chi connectivity index (χ0n) is 16.7. The SMILES string of the molecule is O=C(c1ccc(N2CCCCC2)cc1)N1C[C@@H]2c3ccccc3OC[C@]2(CO)C1. The molecule has 1 N–H and O–H groups in total. The van der Waals surface area contributed by atoms with E-state index in [1.165, 1.54) is 24.9 Å². The average Bonchev–Trinajstić information content (AvgIpc) is 3.20. The van der Waals surface area contributed by atoms with Gasteiger partial charge in [0.1, 0.15) is 5.75 Å². The van der Waals surface area contributed by atoms with Crippen LogP contribution in [0.2, 0.25) is 0 Å². The van der Waals surface area contributed by atoms with Crippen molar-refractivity contribution in [3.8, 4) is 5.75 Å². The van der Waals surface area contributed by atoms with Crippen LogP contribution >= 0.6 is 0 Å². The monoisotopic (exact) mass is 392 g/mol. The first-order valence-electron chi connectivity index (χ1n) is 10.7. The molecular weight excluding hydrogens is 364 g/mol. The number of fused-ring (bicyclic) bond motifs is 3. The van der Waals surface area contributed by atoms with E-state index in [4.69, 9.17) is 4.74 Å². The second kappa shape index (κ2) is 7.38. The number of rotatable bonds is 3. The molecule has 5 rings (SSSR count). The summed E-state index contributed by atoms with van der Waals surface area (Å²) in [6.45, 7) is 3.80. The molecule has 1 amide bonds. The first-order chi connectivity index (χ1) is 14.2. The van der Waals surface area contributed by atoms with E-state index in [9.17, 15) is 9.90 Å². The zero-order valence-corrected chi connectivity index (χ0v) is 16.7. The molecule has 2 aromatic carbocycles. The maximum atomic E-state index is 13.2. The highest BCUT2D eigenvalue weighted by Crippen LogP contribution is 2.49. The van der Waals surface area contributed by atoms with Crippen molar-refractivity contribution >= 4 is 11.6 Å². The van der Waals surface area contributed by atoms with Crippen molar-refractivity contribution in [2.75, 3.05) is 44.3 Å². The van der Waals surface area contributed by atoms with Gasteiger partial charge in [-0.3, -0.25) is 4.79 Å². The van der Waals surface area contributed by atoms with Crippen molar-refractivity contribution in [3.05, 3.63) is 59.7 Å². The Labute approximate surface area is 171 Å². The summed E-state index contributed by atoms with van der Waals surface area (Å²) in [5.41, 5.74) is 2.60. The molecule has 29 heavy (non-hydrogen) atoms. The molecule has 2 fully saturated rings. The van der Waals surface area contributed by atoms with E-state index in [2.05, 4.69) is 23.1 Å². The minimum atomic E-state index is -0.419. The van der Waals surface area contributed by atoms with Crippen LogP contribution in [0.1, 0.15) is 41.1 Å². The number of hydrogen-bond acceptors (Lipinski definition) is 4. The Kier molecular flexibility index (Phi) is 4.70. The Morgan fingerprint density at radius 1 is 1.07 bits per heavy atom. The van der Waals surface area contributed by atoms with Gasteiger partial charge in [0.25, 0.3) is 5.91 Å². The minimum absolute atomic E-state index is 0.0175. The van der Waals surface area contributed by atoms with Crippen molar-refractivity contribution in [1.29, 1.82) is 0 Å². The zero-order chi connectivity index (χ0) is 19.8. The van der Waals surface area contributed by atoms with E-state index in [-0.39, 0.29) is 18.4 Å². The fourth-order valence-electron chi connectivity index (χ4n) is 5.17. The number of hydrogen-bond donors (Lipinski definition) is 1. The number of amides is 1. The molecule has 0 saturated carbocycles. The molecule has 5 heteroatoms. The van der Waals surface area contributed by atoms with E-state index in [1.54, 1.807) is 0 Å². The Hall–Kier alpha value is -2.53. The van der Waals surface area contributed by atoms with Crippen LogP contribution in [0, 0.1) is 5.41 Å². The summed E-state index contributed by atoms with van der Waals surface area (Å²) >= 11 is 0. The van der Waals surface area contributed by atoms with Gasteiger partial charge in [0, 0.05) is 43.3 Å². The van der Waals surface area contributed by atoms with Crippen molar-refractivity contribution in [2.24, 2.45) is 5.41 Å². The Morgan fingerprint density at radius 2 is 1.83 bits per heavy atom. The number of aliphatic hydroxyl groups excluding tert-OH is 1. The van der Waals surface area contributed by atoms with Gasteiger partial charge >= 0.3 is 0 Å². The standard InChI is InChI=1S/C24H28N2O3/c27-16-24-15-26(14-21(24)20-6-2-3-7-22(20)29-17-24)23(28)18-8-10-19(11-9-18)25-12-4-1-5-13-25/h2-3,6-11,21,27H,1,4-5,12-17H2/t21-,24-/m1/s1. The number of anilines is 1. The number of para-hydroxylation sites is 1. The quantitative estimate of drug-likeness (QED) is 0.871. The van der Waals surface area contributed by atoms with E-state index >= 15 is 0 Å². The summed E-state index contributed by atoms with van der Waals surface area (Å²) < 4.78 is 5.94. The van der Waals surface area contributed by atoms with Gasteiger partial charge in [-0.25, -0.2) is 0 Å². The van der Waals surface area contributed by atoms with Crippen LogP contribution in [0.15, 0.2) is 48.5 Å².